The maximum Gasteiger partial charge on any atom is 0.329 e. The van der Waals surface area contributed by atoms with E-state index in [1.165, 1.54) is 12.5 Å². The number of hydrogen-bond acceptors (Lipinski definition) is 7. The van der Waals surface area contributed by atoms with Crippen molar-refractivity contribution in [3.63, 3.8) is 0 Å². The molecule has 10 nitrogen and oxygen atoms in total. The van der Waals surface area contributed by atoms with Crippen molar-refractivity contribution in [3.05, 3.63) is 52.4 Å². The first-order valence-corrected chi connectivity index (χ1v) is 10.7. The van der Waals surface area contributed by atoms with Crippen LogP contribution in [0.4, 0.5) is 0 Å². The van der Waals surface area contributed by atoms with Gasteiger partial charge in [-0.05, 0) is 43.2 Å². The van der Waals surface area contributed by atoms with Crippen LogP contribution >= 0.6 is 15.9 Å². The average molecular weight is 507 g/mol. The number of benzene rings is 1. The van der Waals surface area contributed by atoms with Gasteiger partial charge in [0.2, 0.25) is 0 Å². The fourth-order valence-corrected chi connectivity index (χ4v) is 3.23. The Bertz CT molecular complexity index is 957. The van der Waals surface area contributed by atoms with Crippen LogP contribution in [0.25, 0.3) is 0 Å². The minimum absolute atomic E-state index is 0.0621. The van der Waals surface area contributed by atoms with Crippen LogP contribution < -0.4 is 20.8 Å². The number of hydrazone groups is 1. The second-order valence-corrected chi connectivity index (χ2v) is 7.79. The van der Waals surface area contributed by atoms with Gasteiger partial charge in [0.1, 0.15) is 11.5 Å². The van der Waals surface area contributed by atoms with Gasteiger partial charge in [-0.2, -0.15) is 5.10 Å². The molecule has 0 spiro atoms. The molecule has 1 saturated heterocycles. The third-order valence-electron chi connectivity index (χ3n) is 4.46. The molecule has 3 amide bonds. The molecule has 3 N–H and O–H groups in total. The summed E-state index contributed by atoms with van der Waals surface area (Å²) in [5, 5.41) is 9.00. The van der Waals surface area contributed by atoms with Gasteiger partial charge >= 0.3 is 11.8 Å². The summed E-state index contributed by atoms with van der Waals surface area (Å²) in [4.78, 5) is 35.7. The van der Waals surface area contributed by atoms with E-state index in [-0.39, 0.29) is 31.7 Å². The molecule has 1 atom stereocenters. The Balaban J connectivity index is 1.47. The molecule has 0 radical (unpaired) electrons. The molecule has 3 rings (SSSR count). The Morgan fingerprint density at radius 2 is 2.09 bits per heavy atom. The van der Waals surface area contributed by atoms with E-state index < -0.39 is 11.8 Å². The molecule has 1 aromatic heterocycles. The van der Waals surface area contributed by atoms with Crippen LogP contribution in [0.2, 0.25) is 0 Å². The molecule has 0 unspecified atom stereocenters. The first-order chi connectivity index (χ1) is 15.5. The van der Waals surface area contributed by atoms with E-state index in [9.17, 15) is 14.4 Å². The summed E-state index contributed by atoms with van der Waals surface area (Å²) in [7, 11) is 0. The number of hydrogen-bond donors (Lipinski definition) is 3. The largest absolute Gasteiger partial charge is 0.483 e. The SMILES string of the molecule is O=C(COc1ccc(Br)cc1/C=N\NC(=O)C(=O)NC[C@H]1CCCO1)NCc1ccco1. The van der Waals surface area contributed by atoms with Crippen LogP contribution in [-0.4, -0.2) is 49.8 Å². The Labute approximate surface area is 192 Å². The van der Waals surface area contributed by atoms with Crippen molar-refractivity contribution in [2.75, 3.05) is 19.8 Å². The molecule has 0 aliphatic carbocycles. The molecule has 11 heteroatoms. The summed E-state index contributed by atoms with van der Waals surface area (Å²) >= 11 is 3.35. The van der Waals surface area contributed by atoms with E-state index in [1.54, 1.807) is 30.3 Å². The van der Waals surface area contributed by atoms with Crippen molar-refractivity contribution in [1.82, 2.24) is 16.1 Å². The lowest BCUT2D eigenvalue weighted by molar-refractivity contribution is -0.139. The first kappa shape index (κ1) is 23.5. The van der Waals surface area contributed by atoms with Crippen molar-refractivity contribution in [3.8, 4) is 5.75 Å². The smallest absolute Gasteiger partial charge is 0.329 e. The molecule has 0 saturated carbocycles. The Morgan fingerprint density at radius 3 is 2.84 bits per heavy atom. The number of nitrogens with one attached hydrogen (secondary N) is 3. The standard InChI is InChI=1S/C21H23BrN4O6/c22-15-5-6-18(32-13-19(27)23-11-16-3-1-7-30-16)14(9-15)10-25-26-21(29)20(28)24-12-17-4-2-8-31-17/h1,3,5-7,9-10,17H,2,4,8,11-13H2,(H,23,27)(H,24,28)(H,26,29)/b25-10-/t17-/m1/s1. The van der Waals surface area contributed by atoms with Gasteiger partial charge in [-0.3, -0.25) is 14.4 Å². The van der Waals surface area contributed by atoms with Gasteiger partial charge in [-0.1, -0.05) is 15.9 Å². The third-order valence-corrected chi connectivity index (χ3v) is 4.95. The molecule has 1 aromatic carbocycles. The van der Waals surface area contributed by atoms with Gasteiger partial charge in [0.15, 0.2) is 6.61 Å². The molecule has 1 aliphatic heterocycles. The Kier molecular flexibility index (Phi) is 8.81. The van der Waals surface area contributed by atoms with Crippen LogP contribution in [0.5, 0.6) is 5.75 Å². The number of furan rings is 1. The molecule has 2 heterocycles. The number of carbonyl (C=O) groups is 3. The van der Waals surface area contributed by atoms with Gasteiger partial charge in [-0.25, -0.2) is 5.43 Å². The summed E-state index contributed by atoms with van der Waals surface area (Å²) in [6.07, 6.45) is 4.59. The molecule has 32 heavy (non-hydrogen) atoms. The van der Waals surface area contributed by atoms with Gasteiger partial charge in [-0.15, -0.1) is 0 Å². The van der Waals surface area contributed by atoms with E-state index in [0.29, 0.717) is 23.7 Å². The Hall–Kier alpha value is -3.18. The quantitative estimate of drug-likeness (QED) is 0.268. The van der Waals surface area contributed by atoms with Crippen molar-refractivity contribution in [2.45, 2.75) is 25.5 Å². The summed E-state index contributed by atoms with van der Waals surface area (Å²) in [6.45, 7) is 0.979. The number of nitrogens with zero attached hydrogens (tertiary/aromatic N) is 1. The Morgan fingerprint density at radius 1 is 1.22 bits per heavy atom. The fraction of sp³-hybridized carbons (Fsp3) is 0.333. The van der Waals surface area contributed by atoms with E-state index in [1.807, 2.05) is 0 Å². The van der Waals surface area contributed by atoms with Crippen molar-refractivity contribution >= 4 is 39.9 Å². The van der Waals surface area contributed by atoms with Crippen LogP contribution in [0, 0.1) is 0 Å². The van der Waals surface area contributed by atoms with Gasteiger partial charge in [0, 0.05) is 23.2 Å². The number of rotatable bonds is 9. The first-order valence-electron chi connectivity index (χ1n) is 9.95. The van der Waals surface area contributed by atoms with E-state index in [2.05, 4.69) is 37.1 Å². The molecule has 0 bridgehead atoms. The number of ether oxygens (including phenoxy) is 2. The third kappa shape index (κ3) is 7.50. The van der Waals surface area contributed by atoms with Crippen molar-refractivity contribution < 1.29 is 28.3 Å². The summed E-state index contributed by atoms with van der Waals surface area (Å²) in [5.74, 6) is -1.01. The van der Waals surface area contributed by atoms with Gasteiger partial charge < -0.3 is 24.5 Å². The fourth-order valence-electron chi connectivity index (χ4n) is 2.85. The van der Waals surface area contributed by atoms with Crippen LogP contribution in [-0.2, 0) is 25.7 Å². The molecule has 2 aromatic rings. The average Bonchev–Trinajstić information content (AvgIpc) is 3.49. The summed E-state index contributed by atoms with van der Waals surface area (Å²) in [5.41, 5.74) is 2.67. The van der Waals surface area contributed by atoms with E-state index >= 15 is 0 Å². The number of halogens is 1. The zero-order valence-electron chi connectivity index (χ0n) is 17.1. The van der Waals surface area contributed by atoms with Crippen molar-refractivity contribution in [1.29, 1.82) is 0 Å². The maximum atomic E-state index is 12.0. The highest BCUT2D eigenvalue weighted by Gasteiger charge is 2.19. The van der Waals surface area contributed by atoms with Gasteiger partial charge in [0.05, 0.1) is 25.1 Å². The molecule has 1 aliphatic rings. The zero-order valence-corrected chi connectivity index (χ0v) is 18.7. The lowest BCUT2D eigenvalue weighted by Gasteiger charge is -2.10. The van der Waals surface area contributed by atoms with Crippen LogP contribution in [0.1, 0.15) is 24.2 Å². The zero-order chi connectivity index (χ0) is 22.8. The topological polar surface area (TPSA) is 131 Å². The minimum Gasteiger partial charge on any atom is -0.483 e. The lowest BCUT2D eigenvalue weighted by Crippen LogP contribution is -2.41. The van der Waals surface area contributed by atoms with Crippen molar-refractivity contribution in [2.24, 2.45) is 5.10 Å². The maximum absolute atomic E-state index is 12.0. The highest BCUT2D eigenvalue weighted by atomic mass is 79.9. The normalized spacial score (nSPS) is 15.5. The predicted molar refractivity (Wildman–Crippen MR) is 118 cm³/mol. The van der Waals surface area contributed by atoms with Crippen LogP contribution in [0.3, 0.4) is 0 Å². The summed E-state index contributed by atoms with van der Waals surface area (Å²) in [6, 6.07) is 8.58. The predicted octanol–water partition coefficient (Wildman–Crippen LogP) is 1.48. The second-order valence-electron chi connectivity index (χ2n) is 6.87. The molecule has 170 valence electrons. The lowest BCUT2D eigenvalue weighted by atomic mass is 10.2. The number of amides is 3. The minimum atomic E-state index is -0.894. The van der Waals surface area contributed by atoms with E-state index in [0.717, 1.165) is 17.3 Å². The molecular formula is C21H23BrN4O6. The highest BCUT2D eigenvalue weighted by Crippen LogP contribution is 2.21. The highest BCUT2D eigenvalue weighted by molar-refractivity contribution is 9.10. The van der Waals surface area contributed by atoms with Crippen LogP contribution in [0.15, 0.2) is 50.6 Å². The second kappa shape index (κ2) is 12.0. The molecular weight excluding hydrogens is 484 g/mol. The monoisotopic (exact) mass is 506 g/mol. The number of carbonyl (C=O) groups excluding carboxylic acids is 3. The molecule has 1 fully saturated rings. The van der Waals surface area contributed by atoms with E-state index in [4.69, 9.17) is 13.9 Å². The summed E-state index contributed by atoms with van der Waals surface area (Å²) < 4.78 is 16.9. The van der Waals surface area contributed by atoms with Gasteiger partial charge in [0.25, 0.3) is 5.91 Å².